The maximum Gasteiger partial charge on any atom is 0.247 e. The first-order valence-corrected chi connectivity index (χ1v) is 9.59. The second kappa shape index (κ2) is 8.31. The molecule has 21 heavy (non-hydrogen) atoms. The van der Waals surface area contributed by atoms with Crippen molar-refractivity contribution in [2.75, 3.05) is 19.6 Å². The van der Waals surface area contributed by atoms with Gasteiger partial charge >= 0.3 is 0 Å². The highest BCUT2D eigenvalue weighted by Gasteiger charge is 2.29. The van der Waals surface area contributed by atoms with Gasteiger partial charge in [0, 0.05) is 19.2 Å². The molecule has 122 valence electrons. The monoisotopic (exact) mass is 380 g/mol. The average Bonchev–Trinajstić information content (AvgIpc) is 2.83. The first-order chi connectivity index (χ1) is 9.86. The van der Waals surface area contributed by atoms with E-state index >= 15 is 0 Å². The van der Waals surface area contributed by atoms with Gasteiger partial charge in [0.25, 0.3) is 0 Å². The minimum atomic E-state index is -3.53. The summed E-state index contributed by atoms with van der Waals surface area (Å²) >= 11 is 3.23. The zero-order valence-corrected chi connectivity index (χ0v) is 15.6. The molecular formula is C14H25BrN2O3S. The SMILES string of the molecule is CCNCc1cc(S(=O)(=O)N(CC)CC(C)CC)c(Br)o1. The predicted octanol–water partition coefficient (Wildman–Crippen LogP) is 3.21. The molecule has 0 aliphatic rings. The Kier molecular flexibility index (Phi) is 7.39. The standard InChI is InChI=1S/C14H25BrN2O3S/c1-5-11(4)10-17(7-3)21(18,19)13-8-12(9-16-6-2)20-14(13)15/h8,11,16H,5-7,9-10H2,1-4H3. The molecule has 0 aliphatic carbocycles. The van der Waals surface area contributed by atoms with Crippen LogP contribution in [-0.2, 0) is 16.6 Å². The Morgan fingerprint density at radius 2 is 2.05 bits per heavy atom. The third-order valence-corrected chi connectivity index (χ3v) is 6.24. The molecule has 1 aromatic heterocycles. The van der Waals surface area contributed by atoms with E-state index in [9.17, 15) is 8.42 Å². The summed E-state index contributed by atoms with van der Waals surface area (Å²) in [6.07, 6.45) is 0.949. The van der Waals surface area contributed by atoms with Gasteiger partial charge < -0.3 is 9.73 Å². The first-order valence-electron chi connectivity index (χ1n) is 7.35. The fraction of sp³-hybridized carbons (Fsp3) is 0.714. The summed E-state index contributed by atoms with van der Waals surface area (Å²) in [5.74, 6) is 0.938. The Balaban J connectivity index is 3.02. The van der Waals surface area contributed by atoms with E-state index in [1.807, 2.05) is 13.8 Å². The molecule has 1 heterocycles. The Morgan fingerprint density at radius 3 is 2.57 bits per heavy atom. The third kappa shape index (κ3) is 4.81. The molecule has 0 spiro atoms. The van der Waals surface area contributed by atoms with Crippen LogP contribution in [0.1, 0.15) is 39.9 Å². The van der Waals surface area contributed by atoms with Crippen molar-refractivity contribution >= 4 is 26.0 Å². The van der Waals surface area contributed by atoms with E-state index in [0.717, 1.165) is 13.0 Å². The zero-order valence-electron chi connectivity index (χ0n) is 13.1. The van der Waals surface area contributed by atoms with Crippen LogP contribution in [0.2, 0.25) is 0 Å². The van der Waals surface area contributed by atoms with Crippen molar-refractivity contribution in [3.8, 4) is 0 Å². The molecule has 0 saturated carbocycles. The van der Waals surface area contributed by atoms with E-state index in [1.165, 1.54) is 4.31 Å². The highest BCUT2D eigenvalue weighted by molar-refractivity contribution is 9.10. The maximum atomic E-state index is 12.7. The molecule has 0 bridgehead atoms. The smallest absolute Gasteiger partial charge is 0.247 e. The lowest BCUT2D eigenvalue weighted by Crippen LogP contribution is -2.34. The molecule has 1 unspecified atom stereocenters. The molecule has 0 fully saturated rings. The van der Waals surface area contributed by atoms with Crippen molar-refractivity contribution in [3.63, 3.8) is 0 Å². The van der Waals surface area contributed by atoms with Crippen LogP contribution in [0, 0.1) is 5.92 Å². The lowest BCUT2D eigenvalue weighted by atomic mass is 10.1. The summed E-state index contributed by atoms with van der Waals surface area (Å²) in [7, 11) is -3.53. The second-order valence-electron chi connectivity index (χ2n) is 5.10. The van der Waals surface area contributed by atoms with Gasteiger partial charge in [-0.05, 0) is 28.4 Å². The molecule has 1 atom stereocenters. The number of halogens is 1. The molecule has 0 radical (unpaired) electrons. The molecule has 5 nitrogen and oxygen atoms in total. The van der Waals surface area contributed by atoms with Gasteiger partial charge in [-0.2, -0.15) is 4.31 Å². The van der Waals surface area contributed by atoms with E-state index in [0.29, 0.717) is 31.3 Å². The predicted molar refractivity (Wildman–Crippen MR) is 87.7 cm³/mol. The van der Waals surface area contributed by atoms with Crippen LogP contribution in [0.15, 0.2) is 20.0 Å². The van der Waals surface area contributed by atoms with Gasteiger partial charge in [-0.1, -0.05) is 34.1 Å². The van der Waals surface area contributed by atoms with Crippen LogP contribution in [0.25, 0.3) is 0 Å². The fourth-order valence-corrected chi connectivity index (χ4v) is 4.45. The third-order valence-electron chi connectivity index (χ3n) is 3.44. The van der Waals surface area contributed by atoms with E-state index in [2.05, 4.69) is 35.1 Å². The number of sulfonamides is 1. The summed E-state index contributed by atoms with van der Waals surface area (Å²) in [5, 5.41) is 3.12. The molecule has 0 aromatic carbocycles. The van der Waals surface area contributed by atoms with Gasteiger partial charge in [-0.25, -0.2) is 8.42 Å². The van der Waals surface area contributed by atoms with Crippen LogP contribution < -0.4 is 5.32 Å². The fourth-order valence-electron chi connectivity index (χ4n) is 1.92. The Hall–Kier alpha value is -0.370. The van der Waals surface area contributed by atoms with Crippen molar-refractivity contribution in [2.24, 2.45) is 5.92 Å². The van der Waals surface area contributed by atoms with E-state index in [-0.39, 0.29) is 9.56 Å². The van der Waals surface area contributed by atoms with Crippen LogP contribution >= 0.6 is 15.9 Å². The highest BCUT2D eigenvalue weighted by Crippen LogP contribution is 2.29. The van der Waals surface area contributed by atoms with Crippen molar-refractivity contribution in [1.29, 1.82) is 0 Å². The van der Waals surface area contributed by atoms with Crippen molar-refractivity contribution < 1.29 is 12.8 Å². The van der Waals surface area contributed by atoms with Crippen molar-refractivity contribution in [1.82, 2.24) is 9.62 Å². The van der Waals surface area contributed by atoms with E-state index < -0.39 is 10.0 Å². The zero-order chi connectivity index (χ0) is 16.0. The lowest BCUT2D eigenvalue weighted by molar-refractivity contribution is 0.360. The van der Waals surface area contributed by atoms with Gasteiger partial charge in [0.1, 0.15) is 10.7 Å². The average molecular weight is 381 g/mol. The summed E-state index contributed by atoms with van der Waals surface area (Å²) < 4.78 is 32.7. The quantitative estimate of drug-likeness (QED) is 0.714. The number of nitrogens with one attached hydrogen (secondary N) is 1. The van der Waals surface area contributed by atoms with Gasteiger partial charge in [0.2, 0.25) is 10.0 Å². The van der Waals surface area contributed by atoms with Crippen LogP contribution in [-0.4, -0.2) is 32.4 Å². The largest absolute Gasteiger partial charge is 0.452 e. The Labute approximate surface area is 136 Å². The van der Waals surface area contributed by atoms with Crippen LogP contribution in [0.3, 0.4) is 0 Å². The summed E-state index contributed by atoms with van der Waals surface area (Å²) in [5.41, 5.74) is 0. The normalized spacial score (nSPS) is 13.8. The molecule has 7 heteroatoms. The number of rotatable bonds is 9. The van der Waals surface area contributed by atoms with Crippen molar-refractivity contribution in [2.45, 2.75) is 45.6 Å². The topological polar surface area (TPSA) is 62.6 Å². The van der Waals surface area contributed by atoms with Crippen LogP contribution in [0.5, 0.6) is 0 Å². The first kappa shape index (κ1) is 18.7. The second-order valence-corrected chi connectivity index (χ2v) is 7.73. The number of hydrogen-bond acceptors (Lipinski definition) is 4. The molecule has 0 saturated heterocycles. The molecule has 0 aliphatic heterocycles. The van der Waals surface area contributed by atoms with Gasteiger partial charge in [-0.3, -0.25) is 0 Å². The summed E-state index contributed by atoms with van der Waals surface area (Å²) in [6, 6.07) is 1.60. The number of nitrogens with zero attached hydrogens (tertiary/aromatic N) is 1. The van der Waals surface area contributed by atoms with E-state index in [4.69, 9.17) is 4.42 Å². The summed E-state index contributed by atoms with van der Waals surface area (Å²) in [6.45, 7) is 10.3. The van der Waals surface area contributed by atoms with Gasteiger partial charge in [0.05, 0.1) is 6.54 Å². The molecule has 1 N–H and O–H groups in total. The number of furan rings is 1. The van der Waals surface area contributed by atoms with Gasteiger partial charge in [-0.15, -0.1) is 0 Å². The van der Waals surface area contributed by atoms with Crippen molar-refractivity contribution in [3.05, 3.63) is 16.5 Å². The highest BCUT2D eigenvalue weighted by atomic mass is 79.9. The number of hydrogen-bond donors (Lipinski definition) is 1. The maximum absolute atomic E-state index is 12.7. The van der Waals surface area contributed by atoms with E-state index in [1.54, 1.807) is 6.07 Å². The molecule has 1 rings (SSSR count). The minimum absolute atomic E-state index is 0.209. The summed E-state index contributed by atoms with van der Waals surface area (Å²) in [4.78, 5) is 0.209. The molecular weight excluding hydrogens is 356 g/mol. The minimum Gasteiger partial charge on any atom is -0.452 e. The van der Waals surface area contributed by atoms with Gasteiger partial charge in [0.15, 0.2) is 4.67 Å². The Bertz CT molecular complexity index is 542. The molecule has 0 amide bonds. The lowest BCUT2D eigenvalue weighted by Gasteiger charge is -2.22. The van der Waals surface area contributed by atoms with Crippen LogP contribution in [0.4, 0.5) is 0 Å². The molecule has 1 aromatic rings. The Morgan fingerprint density at radius 1 is 1.38 bits per heavy atom.